The lowest BCUT2D eigenvalue weighted by atomic mass is 9.83. The average Bonchev–Trinajstić information content (AvgIpc) is 3.31. The summed E-state index contributed by atoms with van der Waals surface area (Å²) in [6, 6.07) is 75.2. The Morgan fingerprint density at radius 3 is 1.21 bits per heavy atom. The van der Waals surface area contributed by atoms with Crippen LogP contribution in [0.4, 0.5) is 34.1 Å². The largest absolute Gasteiger partial charge is 0.310 e. The van der Waals surface area contributed by atoms with Crippen molar-refractivity contribution in [3.8, 4) is 22.3 Å². The first-order valence-electron chi connectivity index (χ1n) is 21.9. The van der Waals surface area contributed by atoms with E-state index in [2.05, 4.69) is 231 Å². The van der Waals surface area contributed by atoms with Crippen LogP contribution in [-0.4, -0.2) is 0 Å². The van der Waals surface area contributed by atoms with Crippen molar-refractivity contribution in [2.45, 2.75) is 39.0 Å². The van der Waals surface area contributed by atoms with Crippen LogP contribution in [0.3, 0.4) is 0 Å². The lowest BCUT2D eigenvalue weighted by molar-refractivity contribution is 0.590. The zero-order chi connectivity index (χ0) is 41.5. The maximum Gasteiger partial charge on any atom is 0.0497 e. The van der Waals surface area contributed by atoms with Gasteiger partial charge < -0.3 is 9.80 Å². The lowest BCUT2D eigenvalue weighted by Gasteiger charge is -2.34. The summed E-state index contributed by atoms with van der Waals surface area (Å²) in [5, 5.41) is 7.43. The van der Waals surface area contributed by atoms with Crippen molar-refractivity contribution in [2.75, 3.05) is 9.80 Å². The summed E-state index contributed by atoms with van der Waals surface area (Å²) in [7, 11) is 0. The Bertz CT molecular complexity index is 3310. The highest BCUT2D eigenvalue weighted by Crippen LogP contribution is 2.51. The molecule has 12 rings (SSSR count). The fourth-order valence-electron chi connectivity index (χ4n) is 10.3. The number of hydrogen-bond acceptors (Lipinski definition) is 2. The molecule has 0 amide bonds. The molecule has 2 heteroatoms. The van der Waals surface area contributed by atoms with Gasteiger partial charge in [-0.05, 0) is 142 Å². The molecule has 0 fully saturated rings. The van der Waals surface area contributed by atoms with Crippen LogP contribution in [0.15, 0.2) is 200 Å². The first-order valence-corrected chi connectivity index (χ1v) is 21.9. The Labute approximate surface area is 364 Å². The van der Waals surface area contributed by atoms with Gasteiger partial charge in [-0.25, -0.2) is 0 Å². The second kappa shape index (κ2) is 14.1. The Balaban J connectivity index is 1.19. The Hall–Kier alpha value is -7.42. The smallest absolute Gasteiger partial charge is 0.0497 e. The lowest BCUT2D eigenvalue weighted by Crippen LogP contribution is -2.18. The van der Waals surface area contributed by atoms with E-state index in [0.29, 0.717) is 0 Å². The molecule has 0 aromatic heterocycles. The number of rotatable bonds is 4. The highest BCUT2D eigenvalue weighted by Gasteiger charge is 2.28. The summed E-state index contributed by atoms with van der Waals surface area (Å²) in [5.74, 6) is 0. The third kappa shape index (κ3) is 5.85. The van der Waals surface area contributed by atoms with Gasteiger partial charge in [0.25, 0.3) is 0 Å². The number of benzene rings is 10. The third-order valence-corrected chi connectivity index (χ3v) is 13.4. The van der Waals surface area contributed by atoms with Crippen molar-refractivity contribution in [1.82, 2.24) is 0 Å². The maximum absolute atomic E-state index is 2.48. The van der Waals surface area contributed by atoms with Gasteiger partial charge in [-0.2, -0.15) is 0 Å². The topological polar surface area (TPSA) is 6.48 Å². The molecule has 0 saturated heterocycles. The van der Waals surface area contributed by atoms with Gasteiger partial charge in [-0.1, -0.05) is 166 Å². The van der Waals surface area contributed by atoms with Crippen molar-refractivity contribution in [2.24, 2.45) is 0 Å². The normalized spacial score (nSPS) is 13.2. The van der Waals surface area contributed by atoms with E-state index in [1.807, 2.05) is 0 Å². The van der Waals surface area contributed by atoms with Crippen molar-refractivity contribution in [3.63, 3.8) is 0 Å². The zero-order valence-electron chi connectivity index (χ0n) is 35.4. The molecule has 2 aliphatic rings. The maximum atomic E-state index is 2.48. The van der Waals surface area contributed by atoms with E-state index >= 15 is 0 Å². The van der Waals surface area contributed by atoms with Crippen molar-refractivity contribution in [3.05, 3.63) is 228 Å². The minimum Gasteiger partial charge on any atom is -0.310 e. The Kier molecular flexibility index (Phi) is 8.27. The highest BCUT2D eigenvalue weighted by molar-refractivity contribution is 6.23. The first-order chi connectivity index (χ1) is 30.4. The Morgan fingerprint density at radius 2 is 0.742 bits per heavy atom. The molecule has 0 spiro atoms. The molecule has 0 saturated carbocycles. The zero-order valence-corrected chi connectivity index (χ0v) is 35.4. The molecule has 62 heavy (non-hydrogen) atoms. The summed E-state index contributed by atoms with van der Waals surface area (Å²) >= 11 is 0. The van der Waals surface area contributed by atoms with Gasteiger partial charge in [-0.3, -0.25) is 0 Å². The minimum atomic E-state index is 0.0424. The van der Waals surface area contributed by atoms with E-state index in [1.165, 1.54) is 105 Å². The van der Waals surface area contributed by atoms with E-state index < -0.39 is 0 Å². The molecular weight excluding hydrogens is 749 g/mol. The summed E-state index contributed by atoms with van der Waals surface area (Å²) in [6.45, 7) is 6.89. The molecule has 10 aromatic carbocycles. The molecule has 10 aromatic rings. The molecule has 2 aliphatic heterocycles. The number of fused-ring (bicyclic) bond motifs is 7. The van der Waals surface area contributed by atoms with Gasteiger partial charge >= 0.3 is 0 Å². The quantitative estimate of drug-likeness (QED) is 0.164. The predicted octanol–water partition coefficient (Wildman–Crippen LogP) is 16.5. The molecule has 296 valence electrons. The number of nitrogens with zero attached hydrogens (tertiary/aromatic N) is 2. The summed E-state index contributed by atoms with van der Waals surface area (Å²) in [6.07, 6.45) is 1.85. The third-order valence-electron chi connectivity index (χ3n) is 13.4. The Morgan fingerprint density at radius 1 is 0.339 bits per heavy atom. The van der Waals surface area contributed by atoms with Gasteiger partial charge in [0, 0.05) is 47.0 Å². The second-order valence-electron chi connectivity index (χ2n) is 18.1. The first kappa shape index (κ1) is 36.4. The van der Waals surface area contributed by atoms with Gasteiger partial charge in [0.2, 0.25) is 0 Å². The van der Waals surface area contributed by atoms with Crippen LogP contribution in [0, 0.1) is 0 Å². The fourth-order valence-corrected chi connectivity index (χ4v) is 10.3. The molecule has 2 nitrogen and oxygen atoms in total. The van der Waals surface area contributed by atoms with E-state index in [1.54, 1.807) is 0 Å². The van der Waals surface area contributed by atoms with Crippen molar-refractivity contribution < 1.29 is 0 Å². The SMILES string of the molecule is CC(C)(C)c1ccc(-c2c3ccc(N4c5ccccc5Cc5ccccc54)cc3c(-c3ccc4ccccc4c3)c3ccc(N4c5ccccc5Cc5ccccc54)cc23)cc1. The van der Waals surface area contributed by atoms with Crippen LogP contribution in [0.5, 0.6) is 0 Å². The minimum absolute atomic E-state index is 0.0424. The average molecular weight is 795 g/mol. The molecule has 0 unspecified atom stereocenters. The molecular formula is C60H46N2. The van der Waals surface area contributed by atoms with Crippen molar-refractivity contribution in [1.29, 1.82) is 0 Å². The van der Waals surface area contributed by atoms with E-state index in [-0.39, 0.29) is 5.41 Å². The molecule has 2 heterocycles. The highest BCUT2D eigenvalue weighted by atomic mass is 15.2. The van der Waals surface area contributed by atoms with Gasteiger partial charge in [0.15, 0.2) is 0 Å². The standard InChI is InChI=1S/C60H46N2/c1-60(2,3)47-28-26-40(27-29-47)58-50-32-30-49(62-56-22-12-8-18-44(56)36-45-19-9-13-23-57(45)62)38-53(50)59(46-25-24-39-14-4-5-15-41(39)34-46)51-33-31-48(37-52(51)58)61-54-20-10-6-16-42(54)35-43-17-7-11-21-55(43)61/h4-34,37-38H,35-36H2,1-3H3. The van der Waals surface area contributed by atoms with Gasteiger partial charge in [0.1, 0.15) is 0 Å². The van der Waals surface area contributed by atoms with Crippen LogP contribution in [0.1, 0.15) is 48.6 Å². The van der Waals surface area contributed by atoms with E-state index in [4.69, 9.17) is 0 Å². The number of hydrogen-bond donors (Lipinski definition) is 0. The summed E-state index contributed by atoms with van der Waals surface area (Å²) in [4.78, 5) is 4.96. The van der Waals surface area contributed by atoms with Gasteiger partial charge in [0.05, 0.1) is 0 Å². The van der Waals surface area contributed by atoms with Crippen LogP contribution >= 0.6 is 0 Å². The summed E-state index contributed by atoms with van der Waals surface area (Å²) in [5.41, 5.74) is 18.9. The van der Waals surface area contributed by atoms with Gasteiger partial charge in [-0.15, -0.1) is 0 Å². The molecule has 0 atom stereocenters. The van der Waals surface area contributed by atoms with Crippen LogP contribution in [-0.2, 0) is 18.3 Å². The monoisotopic (exact) mass is 794 g/mol. The van der Waals surface area contributed by atoms with Crippen LogP contribution in [0.25, 0.3) is 54.6 Å². The van der Waals surface area contributed by atoms with Crippen molar-refractivity contribution >= 4 is 66.4 Å². The molecule has 0 radical (unpaired) electrons. The summed E-state index contributed by atoms with van der Waals surface area (Å²) < 4.78 is 0. The van der Waals surface area contributed by atoms with Crippen LogP contribution < -0.4 is 9.80 Å². The second-order valence-corrected chi connectivity index (χ2v) is 18.1. The molecule has 0 N–H and O–H groups in total. The molecule has 0 aliphatic carbocycles. The van der Waals surface area contributed by atoms with E-state index in [0.717, 1.165) is 24.2 Å². The fraction of sp³-hybridized carbons (Fsp3) is 0.100. The molecule has 0 bridgehead atoms. The number of para-hydroxylation sites is 4. The number of anilines is 6. The van der Waals surface area contributed by atoms with E-state index in [9.17, 15) is 0 Å². The predicted molar refractivity (Wildman–Crippen MR) is 264 cm³/mol. The van der Waals surface area contributed by atoms with Crippen LogP contribution in [0.2, 0.25) is 0 Å².